The maximum absolute atomic E-state index is 13.5. The van der Waals surface area contributed by atoms with Crippen molar-refractivity contribution in [3.05, 3.63) is 59.7 Å². The van der Waals surface area contributed by atoms with Gasteiger partial charge in [0, 0.05) is 75.3 Å². The molecule has 2 aromatic rings. The van der Waals surface area contributed by atoms with E-state index >= 15 is 0 Å². The zero-order chi connectivity index (χ0) is 36.6. The fourth-order valence-corrected chi connectivity index (χ4v) is 10.3. The number of hydrogen-bond donors (Lipinski definition) is 0. The first-order chi connectivity index (χ1) is 25.0. The van der Waals surface area contributed by atoms with Crippen LogP contribution in [-0.2, 0) is 41.7 Å². The molecule has 0 radical (unpaired) electrons. The van der Waals surface area contributed by atoms with Crippen LogP contribution in [0.5, 0.6) is 11.5 Å². The van der Waals surface area contributed by atoms with E-state index in [9.17, 15) is 19.2 Å². The van der Waals surface area contributed by atoms with Crippen LogP contribution in [0.4, 0.5) is 0 Å². The maximum Gasteiger partial charge on any atom is 0.310 e. The first kappa shape index (κ1) is 42.3. The van der Waals surface area contributed by atoms with Crippen LogP contribution in [0.25, 0.3) is 0 Å². The molecule has 4 aliphatic heterocycles. The molecule has 0 spiro atoms. The number of piperidine rings is 2. The van der Waals surface area contributed by atoms with Crippen molar-refractivity contribution in [2.45, 2.75) is 140 Å². The molecule has 6 unspecified atom stereocenters. The lowest BCUT2D eigenvalue weighted by Crippen LogP contribution is -3.00. The van der Waals surface area contributed by atoms with Crippen LogP contribution in [0.3, 0.4) is 0 Å². The van der Waals surface area contributed by atoms with Crippen LogP contribution >= 0.6 is 0 Å². The predicted octanol–water partition coefficient (Wildman–Crippen LogP) is 0.418. The molecule has 12 heteroatoms. The Morgan fingerprint density at radius 2 is 0.926 bits per heavy atom. The molecule has 1 aliphatic carbocycles. The normalized spacial score (nSPS) is 33.3. The van der Waals surface area contributed by atoms with Crippen LogP contribution < -0.4 is 43.4 Å². The van der Waals surface area contributed by atoms with E-state index in [1.54, 1.807) is 13.8 Å². The van der Waals surface area contributed by atoms with Crippen molar-refractivity contribution in [1.29, 1.82) is 0 Å². The summed E-state index contributed by atoms with van der Waals surface area (Å²) in [4.78, 5) is 50.7. The van der Waals surface area contributed by atoms with Gasteiger partial charge in [-0.05, 0) is 37.1 Å². The highest BCUT2D eigenvalue weighted by Gasteiger charge is 2.55. The Kier molecular flexibility index (Phi) is 13.8. The van der Waals surface area contributed by atoms with Crippen LogP contribution in [0.15, 0.2) is 48.5 Å². The number of halogens is 2. The lowest BCUT2D eigenvalue weighted by atomic mass is 9.73. The maximum atomic E-state index is 13.5. The third kappa shape index (κ3) is 8.76. The summed E-state index contributed by atoms with van der Waals surface area (Å²) in [5.41, 5.74) is 2.28. The SMILES string of the molecule is CCC(=O)Oc1cccc(C[N+]2(C)[C@@H]3CC[C@H]2CC(OC(=O)C2CCC2C(=O)OC2C[C@H]4CC[C@@H](C2)[N+]4(C)Cc2cccc(OC(=O)CC)c2)C3)c1.[Br-].[Br-]. The zero-order valence-electron chi connectivity index (χ0n) is 32.1. The Labute approximate surface area is 340 Å². The van der Waals surface area contributed by atoms with Gasteiger partial charge in [0.1, 0.15) is 36.8 Å². The first-order valence-electron chi connectivity index (χ1n) is 19.7. The van der Waals surface area contributed by atoms with Gasteiger partial charge >= 0.3 is 23.9 Å². The van der Waals surface area contributed by atoms with Crippen molar-refractivity contribution < 1.29 is 81.1 Å². The molecule has 1 saturated carbocycles. The van der Waals surface area contributed by atoms with E-state index in [0.717, 1.165) is 84.5 Å². The third-order valence-corrected chi connectivity index (χ3v) is 13.5. The average Bonchev–Trinajstić information content (AvgIpc) is 3.32. The second-order valence-electron chi connectivity index (χ2n) is 16.6. The summed E-state index contributed by atoms with van der Waals surface area (Å²) in [7, 11) is 4.62. The molecule has 7 rings (SSSR count). The number of ether oxygens (including phenoxy) is 4. The van der Waals surface area contributed by atoms with Crippen molar-refractivity contribution in [3.8, 4) is 11.5 Å². The minimum absolute atomic E-state index is 0. The van der Waals surface area contributed by atoms with Crippen molar-refractivity contribution in [2.24, 2.45) is 11.8 Å². The van der Waals surface area contributed by atoms with Gasteiger partial charge in [0.15, 0.2) is 0 Å². The second kappa shape index (κ2) is 17.6. The van der Waals surface area contributed by atoms with Crippen LogP contribution in [-0.4, -0.2) is 83.3 Å². The zero-order valence-corrected chi connectivity index (χ0v) is 35.2. The summed E-state index contributed by atoms with van der Waals surface area (Å²) >= 11 is 0. The van der Waals surface area contributed by atoms with E-state index in [1.807, 2.05) is 36.4 Å². The largest absolute Gasteiger partial charge is 1.00 e. The molecule has 4 saturated heterocycles. The fourth-order valence-electron chi connectivity index (χ4n) is 10.3. The number of quaternary nitrogens is 2. The standard InChI is InChI=1S/C42H56N2O8.2BrH/c1-5-39(45)49-33-11-7-9-27(19-33)25-43(3)29-13-14-30(43)22-35(21-29)51-41(47)37-17-18-38(37)42(48)52-36-23-31-15-16-32(24-36)44(31,4)26-28-10-8-12-34(20-28)50-40(46)6-2;;/h7-12,19-20,29-32,35-38H,5-6,13-18,21-26H2,1-4H3;2*1H/q+2;;/p-2/t29-,30+,31-,32+,35?,36?,37?,38?,43?,44?;;. The smallest absolute Gasteiger partial charge is 0.310 e. The fraction of sp³-hybridized carbons (Fsp3) is 0.619. The molecule has 10 atom stereocenters. The Bertz CT molecular complexity index is 1540. The molecular formula is C42H56Br2N2O8. The highest BCUT2D eigenvalue weighted by molar-refractivity contribution is 5.84. The van der Waals surface area contributed by atoms with Gasteiger partial charge < -0.3 is 61.9 Å². The summed E-state index contributed by atoms with van der Waals surface area (Å²) < 4.78 is 25.1. The molecule has 4 bridgehead atoms. The molecule has 5 fully saturated rings. The number of fused-ring (bicyclic) bond motifs is 4. The second-order valence-corrected chi connectivity index (χ2v) is 16.6. The van der Waals surface area contributed by atoms with Gasteiger partial charge in [0.05, 0.1) is 50.1 Å². The van der Waals surface area contributed by atoms with Gasteiger partial charge in [-0.3, -0.25) is 19.2 Å². The molecule has 10 nitrogen and oxygen atoms in total. The number of esters is 4. The molecule has 5 aliphatic rings. The van der Waals surface area contributed by atoms with Crippen molar-refractivity contribution in [1.82, 2.24) is 0 Å². The van der Waals surface area contributed by atoms with Crippen LogP contribution in [0, 0.1) is 11.8 Å². The molecule has 0 N–H and O–H groups in total. The van der Waals surface area contributed by atoms with Crippen molar-refractivity contribution in [2.75, 3.05) is 14.1 Å². The monoisotopic (exact) mass is 874 g/mol. The molecule has 4 heterocycles. The predicted molar refractivity (Wildman–Crippen MR) is 193 cm³/mol. The summed E-state index contributed by atoms with van der Waals surface area (Å²) in [5, 5.41) is 0. The van der Waals surface area contributed by atoms with Gasteiger partial charge in [0.25, 0.3) is 0 Å². The molecule has 296 valence electrons. The van der Waals surface area contributed by atoms with Gasteiger partial charge in [-0.15, -0.1) is 0 Å². The van der Waals surface area contributed by atoms with Gasteiger partial charge in [0.2, 0.25) is 0 Å². The van der Waals surface area contributed by atoms with Gasteiger partial charge in [-0.25, -0.2) is 0 Å². The summed E-state index contributed by atoms with van der Waals surface area (Å²) in [5.74, 6) is -0.612. The minimum atomic E-state index is -0.419. The molecule has 0 aromatic heterocycles. The summed E-state index contributed by atoms with van der Waals surface area (Å²) in [6, 6.07) is 17.2. The minimum Gasteiger partial charge on any atom is -1.00 e. The van der Waals surface area contributed by atoms with Gasteiger partial charge in [-0.2, -0.15) is 0 Å². The quantitative estimate of drug-likeness (QED) is 0.172. The number of benzene rings is 2. The van der Waals surface area contributed by atoms with E-state index in [0.29, 0.717) is 61.3 Å². The third-order valence-electron chi connectivity index (χ3n) is 13.5. The van der Waals surface area contributed by atoms with Crippen molar-refractivity contribution >= 4 is 23.9 Å². The number of carbonyl (C=O) groups is 4. The average molecular weight is 877 g/mol. The Balaban J connectivity index is 0.00000280. The summed E-state index contributed by atoms with van der Waals surface area (Å²) in [6.07, 6.45) is 9.42. The van der Waals surface area contributed by atoms with E-state index in [2.05, 4.69) is 26.2 Å². The highest BCUT2D eigenvalue weighted by Crippen LogP contribution is 2.46. The molecule has 2 aromatic carbocycles. The molecular weight excluding hydrogens is 820 g/mol. The van der Waals surface area contributed by atoms with E-state index in [1.165, 1.54) is 0 Å². The Morgan fingerprint density at radius 3 is 1.24 bits per heavy atom. The number of rotatable bonds is 12. The highest BCUT2D eigenvalue weighted by atomic mass is 79.9. The Hall–Kier alpha value is -2.80. The lowest BCUT2D eigenvalue weighted by Gasteiger charge is -2.47. The van der Waals surface area contributed by atoms with E-state index in [4.69, 9.17) is 18.9 Å². The first-order valence-corrected chi connectivity index (χ1v) is 19.7. The topological polar surface area (TPSA) is 105 Å². The van der Waals surface area contributed by atoms with E-state index < -0.39 is 11.8 Å². The molecule has 54 heavy (non-hydrogen) atoms. The number of carbonyl (C=O) groups excluding carboxylic acids is 4. The summed E-state index contributed by atoms with van der Waals surface area (Å²) in [6.45, 7) is 5.26. The van der Waals surface area contributed by atoms with Crippen molar-refractivity contribution in [3.63, 3.8) is 0 Å². The Morgan fingerprint density at radius 1 is 0.574 bits per heavy atom. The van der Waals surface area contributed by atoms with Crippen LogP contribution in [0.2, 0.25) is 0 Å². The van der Waals surface area contributed by atoms with E-state index in [-0.39, 0.29) is 70.0 Å². The number of hydrogen-bond acceptors (Lipinski definition) is 8. The lowest BCUT2D eigenvalue weighted by molar-refractivity contribution is -0.961. The molecule has 0 amide bonds. The van der Waals surface area contributed by atoms with Gasteiger partial charge in [-0.1, -0.05) is 38.1 Å². The number of nitrogens with zero attached hydrogens (tertiary/aromatic N) is 2. The van der Waals surface area contributed by atoms with Crippen LogP contribution in [0.1, 0.15) is 102 Å².